The number of benzene rings is 2. The summed E-state index contributed by atoms with van der Waals surface area (Å²) in [5.41, 5.74) is 0.940. The van der Waals surface area contributed by atoms with E-state index < -0.39 is 12.6 Å². The Labute approximate surface area is 143 Å². The zero-order valence-corrected chi connectivity index (χ0v) is 13.8. The van der Waals surface area contributed by atoms with Crippen LogP contribution in [0.1, 0.15) is 20.9 Å². The van der Waals surface area contributed by atoms with Crippen molar-refractivity contribution < 1.29 is 28.2 Å². The first kappa shape index (κ1) is 16.6. The lowest BCUT2D eigenvalue weighted by Gasteiger charge is -2.09. The first-order valence-electron chi connectivity index (χ1n) is 7.53. The summed E-state index contributed by atoms with van der Waals surface area (Å²) in [6.07, 6.45) is 0. The molecule has 0 atom stereocenters. The Bertz CT molecular complexity index is 892. The predicted molar refractivity (Wildman–Crippen MR) is 90.4 cm³/mol. The highest BCUT2D eigenvalue weighted by Gasteiger charge is 2.17. The predicted octanol–water partition coefficient (Wildman–Crippen LogP) is 3.49. The molecule has 1 aromatic heterocycles. The maximum absolute atomic E-state index is 12.2. The quantitative estimate of drug-likeness (QED) is 0.505. The van der Waals surface area contributed by atoms with Crippen molar-refractivity contribution in [3.8, 4) is 11.5 Å². The molecule has 0 aliphatic rings. The lowest BCUT2D eigenvalue weighted by Crippen LogP contribution is -2.14. The summed E-state index contributed by atoms with van der Waals surface area (Å²) < 4.78 is 20.7. The second-order valence-electron chi connectivity index (χ2n) is 5.22. The molecular weight excluding hydrogens is 324 g/mol. The number of carbonyl (C=O) groups is 2. The van der Waals surface area contributed by atoms with E-state index in [0.717, 1.165) is 5.39 Å². The van der Waals surface area contributed by atoms with Gasteiger partial charge in [-0.25, -0.2) is 4.79 Å². The van der Waals surface area contributed by atoms with Gasteiger partial charge in [-0.2, -0.15) is 0 Å². The number of para-hydroxylation sites is 1. The van der Waals surface area contributed by atoms with Crippen LogP contribution in [-0.2, 0) is 4.74 Å². The van der Waals surface area contributed by atoms with E-state index in [1.165, 1.54) is 20.3 Å². The lowest BCUT2D eigenvalue weighted by atomic mass is 10.1. The van der Waals surface area contributed by atoms with Gasteiger partial charge in [0.05, 0.1) is 14.2 Å². The fourth-order valence-electron chi connectivity index (χ4n) is 2.38. The molecule has 1 heterocycles. The molecule has 0 aliphatic carbocycles. The number of fused-ring (bicyclic) bond motifs is 1. The highest BCUT2D eigenvalue weighted by Crippen LogP contribution is 2.27. The summed E-state index contributed by atoms with van der Waals surface area (Å²) in [5, 5.41) is 0.792. The number of hydrogen-bond acceptors (Lipinski definition) is 6. The van der Waals surface area contributed by atoms with Crippen LogP contribution >= 0.6 is 0 Å². The highest BCUT2D eigenvalue weighted by atomic mass is 16.5. The van der Waals surface area contributed by atoms with Gasteiger partial charge in [0.15, 0.2) is 23.9 Å². The number of ether oxygens (including phenoxy) is 3. The normalized spacial score (nSPS) is 10.5. The van der Waals surface area contributed by atoms with Gasteiger partial charge in [-0.1, -0.05) is 18.2 Å². The van der Waals surface area contributed by atoms with Gasteiger partial charge in [-0.15, -0.1) is 0 Å². The molecule has 0 fully saturated rings. The molecule has 0 radical (unpaired) electrons. The molecule has 2 aromatic carbocycles. The van der Waals surface area contributed by atoms with Gasteiger partial charge in [0.2, 0.25) is 5.76 Å². The molecular formula is C19H16O6. The second kappa shape index (κ2) is 7.09. The van der Waals surface area contributed by atoms with Crippen LogP contribution in [0.25, 0.3) is 11.0 Å². The molecule has 6 nitrogen and oxygen atoms in total. The van der Waals surface area contributed by atoms with Gasteiger partial charge < -0.3 is 18.6 Å². The SMILES string of the molecule is COc1ccc(C(=O)COC(=O)c2cc3ccccc3o2)cc1OC. The van der Waals surface area contributed by atoms with Gasteiger partial charge in [0.25, 0.3) is 0 Å². The summed E-state index contributed by atoms with van der Waals surface area (Å²) in [4.78, 5) is 24.3. The molecule has 0 aliphatic heterocycles. The summed E-state index contributed by atoms with van der Waals surface area (Å²) in [6.45, 7) is -0.397. The summed E-state index contributed by atoms with van der Waals surface area (Å²) >= 11 is 0. The van der Waals surface area contributed by atoms with Crippen molar-refractivity contribution in [2.75, 3.05) is 20.8 Å². The van der Waals surface area contributed by atoms with Crippen LogP contribution in [0.4, 0.5) is 0 Å². The molecule has 0 N–H and O–H groups in total. The van der Waals surface area contributed by atoms with Crippen LogP contribution in [0.5, 0.6) is 11.5 Å². The minimum Gasteiger partial charge on any atom is -0.493 e. The Balaban J connectivity index is 1.68. The molecule has 0 amide bonds. The van der Waals surface area contributed by atoms with Crippen molar-refractivity contribution in [3.63, 3.8) is 0 Å². The Morgan fingerprint density at radius 1 is 0.960 bits per heavy atom. The van der Waals surface area contributed by atoms with E-state index in [4.69, 9.17) is 18.6 Å². The fraction of sp³-hybridized carbons (Fsp3) is 0.158. The van der Waals surface area contributed by atoms with Crippen LogP contribution in [0.3, 0.4) is 0 Å². The van der Waals surface area contributed by atoms with Crippen molar-refractivity contribution in [3.05, 3.63) is 59.9 Å². The van der Waals surface area contributed by atoms with Gasteiger partial charge >= 0.3 is 5.97 Å². The van der Waals surface area contributed by atoms with Gasteiger partial charge in [-0.3, -0.25) is 4.79 Å². The van der Waals surface area contributed by atoms with Gasteiger partial charge in [0.1, 0.15) is 5.58 Å². The summed E-state index contributed by atoms with van der Waals surface area (Å²) in [6, 6.07) is 13.5. The Kier molecular flexibility index (Phi) is 4.70. The van der Waals surface area contributed by atoms with E-state index in [0.29, 0.717) is 22.6 Å². The maximum atomic E-state index is 12.2. The number of methoxy groups -OCH3 is 2. The lowest BCUT2D eigenvalue weighted by molar-refractivity contribution is 0.0446. The fourth-order valence-corrected chi connectivity index (χ4v) is 2.38. The molecule has 3 aromatic rings. The van der Waals surface area contributed by atoms with Crippen molar-refractivity contribution >= 4 is 22.7 Å². The third-order valence-electron chi connectivity index (χ3n) is 3.67. The van der Waals surface area contributed by atoms with Crippen molar-refractivity contribution in [2.24, 2.45) is 0 Å². The largest absolute Gasteiger partial charge is 0.493 e. The molecule has 25 heavy (non-hydrogen) atoms. The second-order valence-corrected chi connectivity index (χ2v) is 5.22. The van der Waals surface area contributed by atoms with Gasteiger partial charge in [0, 0.05) is 10.9 Å². The minimum atomic E-state index is -0.690. The number of Topliss-reactive ketones (excluding diaryl/α,β-unsaturated/α-hetero) is 1. The Morgan fingerprint density at radius 3 is 2.44 bits per heavy atom. The summed E-state index contributed by atoms with van der Waals surface area (Å²) in [7, 11) is 2.99. The van der Waals surface area contributed by atoms with Crippen LogP contribution in [0.15, 0.2) is 52.9 Å². The Morgan fingerprint density at radius 2 is 1.72 bits per heavy atom. The van der Waals surface area contributed by atoms with E-state index in [-0.39, 0.29) is 11.5 Å². The number of ketones is 1. The van der Waals surface area contributed by atoms with E-state index >= 15 is 0 Å². The summed E-state index contributed by atoms with van der Waals surface area (Å²) in [5.74, 6) is -0.0490. The van der Waals surface area contributed by atoms with Crippen LogP contribution in [0.2, 0.25) is 0 Å². The standard InChI is InChI=1S/C19H16O6/c1-22-16-8-7-12(9-17(16)23-2)14(20)11-24-19(21)18-10-13-5-3-4-6-15(13)25-18/h3-10H,11H2,1-2H3. The van der Waals surface area contributed by atoms with E-state index in [9.17, 15) is 9.59 Å². The average Bonchev–Trinajstić information content (AvgIpc) is 3.09. The van der Waals surface area contributed by atoms with Crippen LogP contribution in [-0.4, -0.2) is 32.6 Å². The topological polar surface area (TPSA) is 75.0 Å². The third kappa shape index (κ3) is 3.47. The first-order chi connectivity index (χ1) is 12.1. The van der Waals surface area contributed by atoms with Crippen molar-refractivity contribution in [1.29, 1.82) is 0 Å². The van der Waals surface area contributed by atoms with Gasteiger partial charge in [-0.05, 0) is 30.3 Å². The van der Waals surface area contributed by atoms with Crippen molar-refractivity contribution in [2.45, 2.75) is 0 Å². The molecule has 0 saturated carbocycles. The van der Waals surface area contributed by atoms with Crippen LogP contribution in [0, 0.1) is 0 Å². The minimum absolute atomic E-state index is 0.0568. The number of carbonyl (C=O) groups excluding carboxylic acids is 2. The van der Waals surface area contributed by atoms with Crippen molar-refractivity contribution in [1.82, 2.24) is 0 Å². The number of hydrogen-bond donors (Lipinski definition) is 0. The molecule has 0 saturated heterocycles. The zero-order chi connectivity index (χ0) is 17.8. The van der Waals surface area contributed by atoms with Crippen LogP contribution < -0.4 is 9.47 Å². The third-order valence-corrected chi connectivity index (χ3v) is 3.67. The molecule has 0 bridgehead atoms. The zero-order valence-electron chi connectivity index (χ0n) is 13.8. The number of furan rings is 1. The molecule has 128 valence electrons. The molecule has 0 spiro atoms. The smallest absolute Gasteiger partial charge is 0.374 e. The highest BCUT2D eigenvalue weighted by molar-refractivity contribution is 6.00. The van der Waals surface area contributed by atoms with E-state index in [2.05, 4.69) is 0 Å². The number of rotatable bonds is 6. The average molecular weight is 340 g/mol. The monoisotopic (exact) mass is 340 g/mol. The van der Waals surface area contributed by atoms with E-state index in [1.54, 1.807) is 24.3 Å². The number of esters is 1. The maximum Gasteiger partial charge on any atom is 0.374 e. The molecule has 3 rings (SSSR count). The molecule has 0 unspecified atom stereocenters. The first-order valence-corrected chi connectivity index (χ1v) is 7.53. The molecule has 6 heteroatoms. The Hall–Kier alpha value is -3.28. The van der Waals surface area contributed by atoms with E-state index in [1.807, 2.05) is 18.2 Å².